The van der Waals surface area contributed by atoms with Crippen molar-refractivity contribution in [2.45, 2.75) is 25.3 Å². The maximum Gasteiger partial charge on any atom is 0.270 e. The first kappa shape index (κ1) is 19.0. The third-order valence-electron chi connectivity index (χ3n) is 5.41. The summed E-state index contributed by atoms with van der Waals surface area (Å²) in [4.78, 5) is 18.4. The van der Waals surface area contributed by atoms with Crippen LogP contribution in [0, 0.1) is 0 Å². The van der Waals surface area contributed by atoms with Gasteiger partial charge >= 0.3 is 0 Å². The van der Waals surface area contributed by atoms with Gasteiger partial charge in [-0.15, -0.1) is 11.3 Å². The van der Waals surface area contributed by atoms with Crippen molar-refractivity contribution in [3.8, 4) is 5.69 Å². The smallest absolute Gasteiger partial charge is 0.270 e. The van der Waals surface area contributed by atoms with E-state index in [4.69, 9.17) is 4.74 Å². The summed E-state index contributed by atoms with van der Waals surface area (Å²) < 4.78 is 7.22. The zero-order valence-electron chi connectivity index (χ0n) is 16.5. The quantitative estimate of drug-likeness (QED) is 0.532. The van der Waals surface area contributed by atoms with Crippen molar-refractivity contribution in [2.24, 2.45) is 0 Å². The van der Waals surface area contributed by atoms with Crippen LogP contribution < -0.4 is 5.32 Å². The van der Waals surface area contributed by atoms with Gasteiger partial charge in [-0.2, -0.15) is 5.10 Å². The molecule has 3 aromatic heterocycles. The molecular formula is C23H22N4O2S. The number of hydrogen-bond acceptors (Lipinski definition) is 5. The van der Waals surface area contributed by atoms with Gasteiger partial charge in [-0.05, 0) is 66.1 Å². The number of benzene rings is 1. The fourth-order valence-electron chi connectivity index (χ4n) is 3.79. The molecule has 152 valence electrons. The molecule has 0 spiro atoms. The summed E-state index contributed by atoms with van der Waals surface area (Å²) in [6, 6.07) is 14.4. The van der Waals surface area contributed by atoms with Gasteiger partial charge in [0, 0.05) is 37.0 Å². The van der Waals surface area contributed by atoms with Gasteiger partial charge in [0.05, 0.1) is 5.69 Å². The number of nitrogens with zero attached hydrogens (tertiary/aromatic N) is 3. The highest BCUT2D eigenvalue weighted by molar-refractivity contribution is 7.16. The SMILES string of the molecule is O=C(NC1CCOCC1)c1cc(Cc2ccc(-n3cccn3)cc2)c2ccsc2n1. The fourth-order valence-corrected chi connectivity index (χ4v) is 4.60. The predicted molar refractivity (Wildman–Crippen MR) is 117 cm³/mol. The van der Waals surface area contributed by atoms with Crippen molar-refractivity contribution in [3.05, 3.63) is 77.1 Å². The third-order valence-corrected chi connectivity index (χ3v) is 6.22. The maximum atomic E-state index is 12.8. The Morgan fingerprint density at radius 2 is 2.03 bits per heavy atom. The molecule has 0 unspecified atom stereocenters. The first-order valence-electron chi connectivity index (χ1n) is 10.1. The van der Waals surface area contributed by atoms with Crippen LogP contribution in [-0.4, -0.2) is 39.9 Å². The van der Waals surface area contributed by atoms with Crippen LogP contribution in [0.15, 0.2) is 60.2 Å². The van der Waals surface area contributed by atoms with Crippen molar-refractivity contribution < 1.29 is 9.53 Å². The molecule has 1 fully saturated rings. The Labute approximate surface area is 178 Å². The molecule has 6 nitrogen and oxygen atoms in total. The molecule has 1 aromatic carbocycles. The van der Waals surface area contributed by atoms with E-state index in [0.717, 1.165) is 40.7 Å². The molecule has 1 aliphatic rings. The molecule has 5 rings (SSSR count). The van der Waals surface area contributed by atoms with Crippen LogP contribution in [0.5, 0.6) is 0 Å². The summed E-state index contributed by atoms with van der Waals surface area (Å²) >= 11 is 1.57. The minimum atomic E-state index is -0.104. The van der Waals surface area contributed by atoms with Crippen LogP contribution in [0.25, 0.3) is 15.9 Å². The van der Waals surface area contributed by atoms with E-state index in [9.17, 15) is 4.79 Å². The molecule has 0 saturated carbocycles. The number of amides is 1. The van der Waals surface area contributed by atoms with Gasteiger partial charge in [0.2, 0.25) is 0 Å². The van der Waals surface area contributed by atoms with Crippen LogP contribution in [0.2, 0.25) is 0 Å². The van der Waals surface area contributed by atoms with Crippen LogP contribution in [0.3, 0.4) is 0 Å². The third kappa shape index (κ3) is 3.99. The standard InChI is InChI=1S/C23H22N4O2S/c28-22(25-18-6-11-29-12-7-18)21-15-17(20-8-13-30-23(20)26-21)14-16-2-4-19(5-3-16)27-10-1-9-24-27/h1-5,8-10,13,15,18H,6-7,11-12,14H2,(H,25,28). The number of ether oxygens (including phenoxy) is 1. The van der Waals surface area contributed by atoms with Crippen LogP contribution in [-0.2, 0) is 11.2 Å². The number of carbonyl (C=O) groups is 1. The molecule has 1 amide bonds. The van der Waals surface area contributed by atoms with Crippen LogP contribution >= 0.6 is 11.3 Å². The van der Waals surface area contributed by atoms with E-state index in [0.29, 0.717) is 18.9 Å². The molecule has 1 N–H and O–H groups in total. The summed E-state index contributed by atoms with van der Waals surface area (Å²) in [6.45, 7) is 1.39. The molecular weight excluding hydrogens is 396 g/mol. The number of rotatable bonds is 5. The summed E-state index contributed by atoms with van der Waals surface area (Å²) in [7, 11) is 0. The maximum absolute atomic E-state index is 12.8. The van der Waals surface area contributed by atoms with E-state index in [-0.39, 0.29) is 11.9 Å². The van der Waals surface area contributed by atoms with E-state index in [1.165, 1.54) is 5.56 Å². The molecule has 1 saturated heterocycles. The van der Waals surface area contributed by atoms with E-state index in [2.05, 4.69) is 45.7 Å². The Morgan fingerprint density at radius 3 is 2.80 bits per heavy atom. The number of thiophene rings is 1. The fraction of sp³-hybridized carbons (Fsp3) is 0.261. The average Bonchev–Trinajstić information content (AvgIpc) is 3.47. The molecule has 4 aromatic rings. The van der Waals surface area contributed by atoms with Gasteiger partial charge in [0.25, 0.3) is 5.91 Å². The highest BCUT2D eigenvalue weighted by Gasteiger charge is 2.19. The second kappa shape index (κ2) is 8.38. The first-order valence-corrected chi connectivity index (χ1v) is 11.0. The summed E-state index contributed by atoms with van der Waals surface area (Å²) in [6.07, 6.45) is 6.14. The monoisotopic (exact) mass is 418 g/mol. The highest BCUT2D eigenvalue weighted by atomic mass is 32.1. The summed E-state index contributed by atoms with van der Waals surface area (Å²) in [5.74, 6) is -0.104. The molecule has 0 bridgehead atoms. The lowest BCUT2D eigenvalue weighted by molar-refractivity contribution is 0.0694. The van der Waals surface area contributed by atoms with Crippen molar-refractivity contribution in [1.29, 1.82) is 0 Å². The van der Waals surface area contributed by atoms with Crippen LogP contribution in [0.4, 0.5) is 0 Å². The molecule has 0 aliphatic carbocycles. The number of fused-ring (bicyclic) bond motifs is 1. The predicted octanol–water partition coefficient (Wildman–Crippen LogP) is 3.98. The van der Waals surface area contributed by atoms with Crippen molar-refractivity contribution in [1.82, 2.24) is 20.1 Å². The number of pyridine rings is 1. The van der Waals surface area contributed by atoms with Crippen molar-refractivity contribution in [2.75, 3.05) is 13.2 Å². The van der Waals surface area contributed by atoms with Crippen molar-refractivity contribution in [3.63, 3.8) is 0 Å². The largest absolute Gasteiger partial charge is 0.381 e. The van der Waals surface area contributed by atoms with Gasteiger partial charge in [-0.1, -0.05) is 12.1 Å². The average molecular weight is 419 g/mol. The lowest BCUT2D eigenvalue weighted by Gasteiger charge is -2.23. The van der Waals surface area contributed by atoms with E-state index in [1.807, 2.05) is 28.4 Å². The van der Waals surface area contributed by atoms with E-state index < -0.39 is 0 Å². The second-order valence-electron chi connectivity index (χ2n) is 7.46. The molecule has 4 heterocycles. The highest BCUT2D eigenvalue weighted by Crippen LogP contribution is 2.26. The number of nitrogens with one attached hydrogen (secondary N) is 1. The van der Waals surface area contributed by atoms with E-state index >= 15 is 0 Å². The van der Waals surface area contributed by atoms with Gasteiger partial charge in [-0.3, -0.25) is 4.79 Å². The summed E-state index contributed by atoms with van der Waals surface area (Å²) in [5.41, 5.74) is 3.81. The van der Waals surface area contributed by atoms with Crippen LogP contribution in [0.1, 0.15) is 34.5 Å². The Morgan fingerprint density at radius 1 is 1.20 bits per heavy atom. The molecule has 30 heavy (non-hydrogen) atoms. The number of carbonyl (C=O) groups excluding carboxylic acids is 1. The molecule has 0 atom stereocenters. The Kier molecular flexibility index (Phi) is 5.29. The zero-order valence-corrected chi connectivity index (χ0v) is 17.3. The van der Waals surface area contributed by atoms with Gasteiger partial charge in [0.15, 0.2) is 0 Å². The van der Waals surface area contributed by atoms with Gasteiger partial charge in [0.1, 0.15) is 10.5 Å². The lowest BCUT2D eigenvalue weighted by atomic mass is 10.0. The Hall–Kier alpha value is -3.03. The second-order valence-corrected chi connectivity index (χ2v) is 8.35. The Bertz CT molecular complexity index is 1150. The molecule has 1 aliphatic heterocycles. The van der Waals surface area contributed by atoms with Crippen molar-refractivity contribution >= 4 is 27.5 Å². The normalized spacial score (nSPS) is 14.8. The number of hydrogen-bond donors (Lipinski definition) is 1. The Balaban J connectivity index is 1.39. The lowest BCUT2D eigenvalue weighted by Crippen LogP contribution is -2.39. The van der Waals surface area contributed by atoms with Gasteiger partial charge in [-0.25, -0.2) is 9.67 Å². The first-order chi connectivity index (χ1) is 14.8. The minimum Gasteiger partial charge on any atom is -0.381 e. The molecule has 0 radical (unpaired) electrons. The number of aromatic nitrogens is 3. The zero-order chi connectivity index (χ0) is 20.3. The summed E-state index contributed by atoms with van der Waals surface area (Å²) in [5, 5.41) is 10.5. The van der Waals surface area contributed by atoms with E-state index in [1.54, 1.807) is 17.5 Å². The van der Waals surface area contributed by atoms with Gasteiger partial charge < -0.3 is 10.1 Å². The topological polar surface area (TPSA) is 69.0 Å². The minimum absolute atomic E-state index is 0.104. The molecule has 7 heteroatoms.